The second kappa shape index (κ2) is 82.1. The van der Waals surface area contributed by atoms with E-state index < -0.39 is 97.5 Å². The van der Waals surface area contributed by atoms with Gasteiger partial charge in [0.2, 0.25) is 0 Å². The summed E-state index contributed by atoms with van der Waals surface area (Å²) in [5.41, 5.74) is 0. The molecular formula is C90H172O17P2. The Morgan fingerprint density at radius 3 is 0.780 bits per heavy atom. The molecule has 0 aromatic rings. The van der Waals surface area contributed by atoms with Gasteiger partial charge in [0.15, 0.2) is 12.2 Å². The molecule has 0 bridgehead atoms. The first kappa shape index (κ1) is 107. The Morgan fingerprint density at radius 2 is 0.514 bits per heavy atom. The third-order valence-electron chi connectivity index (χ3n) is 21.0. The molecule has 3 unspecified atom stereocenters. The third-order valence-corrected chi connectivity index (χ3v) is 22.9. The minimum absolute atomic E-state index is 0.0860. The standard InChI is InChI=1S/C90H172O17P2/c1-6-10-13-16-19-22-25-28-30-31-32-36-40-44-49-54-59-64-69-74-88(93)101-80-86(107-90(95)76-71-66-61-56-51-46-41-37-34-33-35-39-43-47-52-57-62-67-72-83(5)9-4)82-105-109(98,99)103-78-84(91)77-102-108(96,97)104-81-85(79-100-87(92)73-68-63-58-53-48-42-27-24-21-18-15-12-8-3)106-89(94)75-70-65-60-55-50-45-38-29-26-23-20-17-14-11-7-2/h23,26,29,38,83-86,91H,6-22,24-25,27-28,30-37,39-82H2,1-5H3,(H,96,97)(H,98,99)/b26-23-,38-29-/t83?,84-,85+,86+/m0/s1. The number of aliphatic hydroxyl groups is 1. The molecule has 0 heterocycles. The minimum Gasteiger partial charge on any atom is -0.462 e. The van der Waals surface area contributed by atoms with Crippen molar-refractivity contribution in [2.75, 3.05) is 39.6 Å². The highest BCUT2D eigenvalue weighted by Crippen LogP contribution is 2.45. The molecule has 0 amide bonds. The largest absolute Gasteiger partial charge is 0.472 e. The molecular weight excluding hydrogens is 1410 g/mol. The predicted molar refractivity (Wildman–Crippen MR) is 451 cm³/mol. The van der Waals surface area contributed by atoms with Crippen LogP contribution < -0.4 is 0 Å². The van der Waals surface area contributed by atoms with E-state index in [2.05, 4.69) is 58.9 Å². The van der Waals surface area contributed by atoms with Gasteiger partial charge in [-0.1, -0.05) is 412 Å². The number of rotatable bonds is 88. The molecule has 0 aromatic heterocycles. The van der Waals surface area contributed by atoms with Crippen LogP contribution in [0.3, 0.4) is 0 Å². The fourth-order valence-corrected chi connectivity index (χ4v) is 15.2. The van der Waals surface area contributed by atoms with Gasteiger partial charge in [-0.2, -0.15) is 0 Å². The molecule has 0 aliphatic rings. The number of phosphoric acid groups is 2. The lowest BCUT2D eigenvalue weighted by molar-refractivity contribution is -0.161. The van der Waals surface area contributed by atoms with E-state index >= 15 is 0 Å². The van der Waals surface area contributed by atoms with E-state index in [4.69, 9.17) is 37.0 Å². The van der Waals surface area contributed by atoms with E-state index in [9.17, 15) is 43.2 Å². The van der Waals surface area contributed by atoms with E-state index in [1.807, 2.05) is 0 Å². The van der Waals surface area contributed by atoms with E-state index in [0.29, 0.717) is 25.7 Å². The normalized spacial score (nSPS) is 14.1. The summed E-state index contributed by atoms with van der Waals surface area (Å²) < 4.78 is 69.0. The van der Waals surface area contributed by atoms with Crippen molar-refractivity contribution in [3.8, 4) is 0 Å². The lowest BCUT2D eigenvalue weighted by Crippen LogP contribution is -2.30. The van der Waals surface area contributed by atoms with Gasteiger partial charge in [0.05, 0.1) is 26.4 Å². The van der Waals surface area contributed by atoms with Gasteiger partial charge >= 0.3 is 39.5 Å². The van der Waals surface area contributed by atoms with E-state index in [1.54, 1.807) is 0 Å². The van der Waals surface area contributed by atoms with E-state index in [0.717, 1.165) is 109 Å². The molecule has 0 spiro atoms. The van der Waals surface area contributed by atoms with Gasteiger partial charge in [0.1, 0.15) is 19.3 Å². The molecule has 0 aromatic carbocycles. The van der Waals surface area contributed by atoms with Crippen molar-refractivity contribution in [1.82, 2.24) is 0 Å². The fourth-order valence-electron chi connectivity index (χ4n) is 13.6. The maximum absolute atomic E-state index is 13.2. The number of unbranched alkanes of at least 4 members (excludes halogenated alkanes) is 56. The average Bonchev–Trinajstić information content (AvgIpc) is 0.898. The Balaban J connectivity index is 5.28. The SMILES string of the molecule is CCCCCC/C=C\C=C/CCCCCCCC(=O)O[C@H](COC(=O)CCCCCCCCCCCCCCC)COP(=O)(O)OC[C@H](O)COP(=O)(O)OC[C@@H](COC(=O)CCCCCCCCCCCCCCCCCCCCC)OC(=O)CCCCCCCCCCCCCCCCCCCCC(C)CC. The van der Waals surface area contributed by atoms with Crippen LogP contribution in [0.15, 0.2) is 24.3 Å². The Labute approximate surface area is 669 Å². The highest BCUT2D eigenvalue weighted by molar-refractivity contribution is 7.47. The van der Waals surface area contributed by atoms with Gasteiger partial charge in [0, 0.05) is 25.7 Å². The van der Waals surface area contributed by atoms with Gasteiger partial charge in [0.25, 0.3) is 0 Å². The van der Waals surface area contributed by atoms with Crippen LogP contribution >= 0.6 is 15.6 Å². The first-order valence-corrected chi connectivity index (χ1v) is 49.0. The van der Waals surface area contributed by atoms with Crippen molar-refractivity contribution in [1.29, 1.82) is 0 Å². The van der Waals surface area contributed by atoms with E-state index in [1.165, 1.54) is 276 Å². The molecule has 19 heteroatoms. The number of allylic oxidation sites excluding steroid dienone is 4. The van der Waals surface area contributed by atoms with Crippen molar-refractivity contribution >= 4 is 39.5 Å². The van der Waals surface area contributed by atoms with Crippen molar-refractivity contribution in [2.45, 2.75) is 483 Å². The molecule has 0 aliphatic heterocycles. The maximum atomic E-state index is 13.2. The first-order valence-electron chi connectivity index (χ1n) is 46.0. The summed E-state index contributed by atoms with van der Waals surface area (Å²) in [4.78, 5) is 73.4. The van der Waals surface area contributed by atoms with Gasteiger partial charge < -0.3 is 33.8 Å². The summed E-state index contributed by atoms with van der Waals surface area (Å²) >= 11 is 0. The maximum Gasteiger partial charge on any atom is 0.472 e. The van der Waals surface area contributed by atoms with Gasteiger partial charge in [-0.15, -0.1) is 0 Å². The van der Waals surface area contributed by atoms with Crippen molar-refractivity contribution < 1.29 is 80.2 Å². The van der Waals surface area contributed by atoms with Crippen molar-refractivity contribution in [2.24, 2.45) is 5.92 Å². The lowest BCUT2D eigenvalue weighted by Gasteiger charge is -2.21. The van der Waals surface area contributed by atoms with Crippen LogP contribution in [0.4, 0.5) is 0 Å². The zero-order valence-electron chi connectivity index (χ0n) is 71.2. The average molecular weight is 1590 g/mol. The van der Waals surface area contributed by atoms with Crippen LogP contribution in [0, 0.1) is 5.92 Å². The molecule has 17 nitrogen and oxygen atoms in total. The fraction of sp³-hybridized carbons (Fsp3) is 0.911. The molecule has 0 saturated carbocycles. The zero-order valence-corrected chi connectivity index (χ0v) is 73.0. The van der Waals surface area contributed by atoms with Gasteiger partial charge in [-0.25, -0.2) is 9.13 Å². The minimum atomic E-state index is -4.97. The number of esters is 4. The number of carbonyl (C=O) groups excluding carboxylic acids is 4. The van der Waals surface area contributed by atoms with Crippen LogP contribution in [-0.2, 0) is 65.4 Å². The summed E-state index contributed by atoms with van der Waals surface area (Å²) in [6.07, 6.45) is 79.9. The monoisotopic (exact) mass is 1590 g/mol. The van der Waals surface area contributed by atoms with Crippen LogP contribution in [0.25, 0.3) is 0 Å². The summed E-state index contributed by atoms with van der Waals surface area (Å²) in [5.74, 6) is -1.25. The zero-order chi connectivity index (χ0) is 79.7. The Bertz CT molecular complexity index is 2160. The smallest absolute Gasteiger partial charge is 0.462 e. The summed E-state index contributed by atoms with van der Waals surface area (Å²) in [5, 5.41) is 10.7. The number of aliphatic hydroxyl groups excluding tert-OH is 1. The molecule has 644 valence electrons. The van der Waals surface area contributed by atoms with Crippen molar-refractivity contribution in [3.63, 3.8) is 0 Å². The second-order valence-electron chi connectivity index (χ2n) is 31.9. The number of phosphoric ester groups is 2. The molecule has 0 radical (unpaired) electrons. The Kier molecular flexibility index (Phi) is 80.2. The van der Waals surface area contributed by atoms with E-state index in [-0.39, 0.29) is 25.7 Å². The number of ether oxygens (including phenoxy) is 4. The number of hydrogen-bond acceptors (Lipinski definition) is 15. The summed E-state index contributed by atoms with van der Waals surface area (Å²) in [6, 6.07) is 0. The van der Waals surface area contributed by atoms with Crippen LogP contribution in [0.5, 0.6) is 0 Å². The quantitative estimate of drug-likeness (QED) is 0.0169. The molecule has 0 saturated heterocycles. The van der Waals surface area contributed by atoms with Crippen LogP contribution in [0.1, 0.15) is 465 Å². The summed E-state index contributed by atoms with van der Waals surface area (Å²) in [6.45, 7) is 7.39. The topological polar surface area (TPSA) is 237 Å². The Morgan fingerprint density at radius 1 is 0.294 bits per heavy atom. The van der Waals surface area contributed by atoms with Crippen LogP contribution in [0.2, 0.25) is 0 Å². The Hall–Kier alpha value is -2.46. The van der Waals surface area contributed by atoms with Crippen molar-refractivity contribution in [3.05, 3.63) is 24.3 Å². The highest BCUT2D eigenvalue weighted by atomic mass is 31.2. The van der Waals surface area contributed by atoms with Gasteiger partial charge in [-0.05, 0) is 57.3 Å². The lowest BCUT2D eigenvalue weighted by atomic mass is 9.99. The highest BCUT2D eigenvalue weighted by Gasteiger charge is 2.30. The van der Waals surface area contributed by atoms with Crippen LogP contribution in [-0.4, -0.2) is 96.7 Å². The molecule has 0 fully saturated rings. The molecule has 0 rings (SSSR count). The molecule has 6 atom stereocenters. The predicted octanol–water partition coefficient (Wildman–Crippen LogP) is 27.5. The third kappa shape index (κ3) is 81.9. The first-order chi connectivity index (χ1) is 53.1. The second-order valence-corrected chi connectivity index (χ2v) is 34.8. The number of hydrogen-bond donors (Lipinski definition) is 3. The summed E-state index contributed by atoms with van der Waals surface area (Å²) in [7, 11) is -9.95. The molecule has 109 heavy (non-hydrogen) atoms. The number of carbonyl (C=O) groups is 4. The van der Waals surface area contributed by atoms with Gasteiger partial charge in [-0.3, -0.25) is 37.3 Å². The molecule has 3 N–H and O–H groups in total. The molecule has 0 aliphatic carbocycles.